The predicted molar refractivity (Wildman–Crippen MR) is 63.9 cm³/mol. The van der Waals surface area contributed by atoms with Crippen LogP contribution in [0.25, 0.3) is 0 Å². The van der Waals surface area contributed by atoms with E-state index in [1.54, 1.807) is 18.1 Å². The quantitative estimate of drug-likeness (QED) is 0.796. The summed E-state index contributed by atoms with van der Waals surface area (Å²) in [7, 11) is 1.72. The first-order valence-electron chi connectivity index (χ1n) is 5.73. The van der Waals surface area contributed by atoms with Crippen LogP contribution in [0, 0.1) is 0 Å². The molecule has 1 aromatic heterocycles. The molecule has 17 heavy (non-hydrogen) atoms. The third-order valence-electron chi connectivity index (χ3n) is 2.90. The summed E-state index contributed by atoms with van der Waals surface area (Å²) in [6, 6.07) is 1.43. The number of amides is 1. The highest BCUT2D eigenvalue weighted by molar-refractivity contribution is 5.76. The zero-order chi connectivity index (χ0) is 12.3. The van der Waals surface area contributed by atoms with Crippen LogP contribution in [0.15, 0.2) is 17.1 Å². The topological polar surface area (TPSA) is 67.2 Å². The molecule has 92 valence electrons. The van der Waals surface area contributed by atoms with Crippen molar-refractivity contribution >= 4 is 11.6 Å². The molecule has 0 aromatic carbocycles. The molecule has 1 fully saturated rings. The fourth-order valence-corrected chi connectivity index (χ4v) is 1.88. The van der Waals surface area contributed by atoms with Crippen molar-refractivity contribution in [3.8, 4) is 0 Å². The van der Waals surface area contributed by atoms with Crippen molar-refractivity contribution in [2.24, 2.45) is 0 Å². The lowest BCUT2D eigenvalue weighted by Crippen LogP contribution is -2.35. The number of likely N-dealkylation sites (tertiary alicyclic amines) is 1. The molecular formula is C11H16N4O2. The molecule has 6 nitrogen and oxygen atoms in total. The third-order valence-corrected chi connectivity index (χ3v) is 2.90. The van der Waals surface area contributed by atoms with Gasteiger partial charge in [-0.1, -0.05) is 0 Å². The van der Waals surface area contributed by atoms with Gasteiger partial charge in [0.15, 0.2) is 0 Å². The Morgan fingerprint density at radius 2 is 2.18 bits per heavy atom. The summed E-state index contributed by atoms with van der Waals surface area (Å²) in [5.74, 6) is -0.0330. The molecule has 0 spiro atoms. The van der Waals surface area contributed by atoms with Gasteiger partial charge in [0, 0.05) is 26.2 Å². The molecule has 2 heterocycles. The molecule has 1 aliphatic heterocycles. The molecular weight excluding hydrogens is 220 g/mol. The second kappa shape index (κ2) is 4.99. The molecule has 2 rings (SSSR count). The van der Waals surface area contributed by atoms with Crippen LogP contribution in [0.5, 0.6) is 0 Å². The molecule has 0 atom stereocenters. The van der Waals surface area contributed by atoms with E-state index in [0.29, 0.717) is 5.69 Å². The number of aromatic nitrogens is 2. The molecule has 0 radical (unpaired) electrons. The number of hydrogen-bond acceptors (Lipinski definition) is 4. The van der Waals surface area contributed by atoms with Gasteiger partial charge in [-0.3, -0.25) is 9.59 Å². The minimum atomic E-state index is -0.260. The van der Waals surface area contributed by atoms with Gasteiger partial charge in [-0.2, -0.15) is 5.10 Å². The molecule has 0 aliphatic carbocycles. The van der Waals surface area contributed by atoms with Crippen molar-refractivity contribution in [3.05, 3.63) is 22.6 Å². The SMILES string of the molecule is CNc1cnn(CC(=O)N2CCCC2)c(=O)c1. The van der Waals surface area contributed by atoms with E-state index in [1.165, 1.54) is 10.7 Å². The monoisotopic (exact) mass is 236 g/mol. The van der Waals surface area contributed by atoms with E-state index >= 15 is 0 Å². The normalized spacial score (nSPS) is 15.0. The fourth-order valence-electron chi connectivity index (χ4n) is 1.88. The third kappa shape index (κ3) is 2.64. The molecule has 1 N–H and O–H groups in total. The molecule has 0 unspecified atom stereocenters. The van der Waals surface area contributed by atoms with Gasteiger partial charge < -0.3 is 10.2 Å². The lowest BCUT2D eigenvalue weighted by Gasteiger charge is -2.15. The average molecular weight is 236 g/mol. The first-order valence-corrected chi connectivity index (χ1v) is 5.73. The lowest BCUT2D eigenvalue weighted by atomic mass is 10.4. The summed E-state index contributed by atoms with van der Waals surface area (Å²) < 4.78 is 1.20. The highest BCUT2D eigenvalue weighted by Crippen LogP contribution is 2.07. The molecule has 1 amide bonds. The van der Waals surface area contributed by atoms with Crippen molar-refractivity contribution in [2.45, 2.75) is 19.4 Å². The van der Waals surface area contributed by atoms with E-state index in [-0.39, 0.29) is 18.0 Å². The van der Waals surface area contributed by atoms with Gasteiger partial charge in [-0.25, -0.2) is 4.68 Å². The summed E-state index contributed by atoms with van der Waals surface area (Å²) in [5.41, 5.74) is 0.393. The highest BCUT2D eigenvalue weighted by atomic mass is 16.2. The second-order valence-corrected chi connectivity index (χ2v) is 4.08. The largest absolute Gasteiger partial charge is 0.387 e. The van der Waals surface area contributed by atoms with Crippen LogP contribution in [0.3, 0.4) is 0 Å². The van der Waals surface area contributed by atoms with E-state index in [1.807, 2.05) is 0 Å². The van der Waals surface area contributed by atoms with E-state index in [9.17, 15) is 9.59 Å². The highest BCUT2D eigenvalue weighted by Gasteiger charge is 2.18. The maximum absolute atomic E-state index is 11.8. The molecule has 0 bridgehead atoms. The predicted octanol–water partition coefficient (Wildman–Crippen LogP) is -0.0926. The summed E-state index contributed by atoms with van der Waals surface area (Å²) in [6.45, 7) is 1.62. The van der Waals surface area contributed by atoms with E-state index < -0.39 is 0 Å². The summed E-state index contributed by atoms with van der Waals surface area (Å²) in [5, 5.41) is 6.79. The Morgan fingerprint density at radius 3 is 2.76 bits per heavy atom. The van der Waals surface area contributed by atoms with Gasteiger partial charge in [0.05, 0.1) is 11.9 Å². The van der Waals surface area contributed by atoms with Crippen LogP contribution in [0.2, 0.25) is 0 Å². The van der Waals surface area contributed by atoms with Gasteiger partial charge in [0.1, 0.15) is 6.54 Å². The molecule has 1 saturated heterocycles. The zero-order valence-corrected chi connectivity index (χ0v) is 9.85. The number of anilines is 1. The minimum absolute atomic E-state index is 0.0306. The van der Waals surface area contributed by atoms with Crippen LogP contribution >= 0.6 is 0 Å². The number of hydrogen-bond donors (Lipinski definition) is 1. The number of nitrogens with one attached hydrogen (secondary N) is 1. The number of nitrogens with zero attached hydrogens (tertiary/aromatic N) is 3. The smallest absolute Gasteiger partial charge is 0.269 e. The van der Waals surface area contributed by atoms with Crippen LogP contribution in [-0.2, 0) is 11.3 Å². The standard InChI is InChI=1S/C11H16N4O2/c1-12-9-6-10(16)15(13-7-9)8-11(17)14-4-2-3-5-14/h6-7,12H,2-5,8H2,1H3. The van der Waals surface area contributed by atoms with E-state index in [4.69, 9.17) is 0 Å². The van der Waals surface area contributed by atoms with E-state index in [0.717, 1.165) is 25.9 Å². The van der Waals surface area contributed by atoms with Crippen molar-refractivity contribution < 1.29 is 4.79 Å². The van der Waals surface area contributed by atoms with Crippen LogP contribution in [-0.4, -0.2) is 40.7 Å². The van der Waals surface area contributed by atoms with E-state index in [2.05, 4.69) is 10.4 Å². The summed E-state index contributed by atoms with van der Waals surface area (Å²) in [6.07, 6.45) is 3.64. The first kappa shape index (κ1) is 11.6. The van der Waals surface area contributed by atoms with Crippen molar-refractivity contribution in [3.63, 3.8) is 0 Å². The fraction of sp³-hybridized carbons (Fsp3) is 0.545. The zero-order valence-electron chi connectivity index (χ0n) is 9.85. The first-order chi connectivity index (χ1) is 8.20. The van der Waals surface area contributed by atoms with Crippen molar-refractivity contribution in [1.29, 1.82) is 0 Å². The minimum Gasteiger partial charge on any atom is -0.387 e. The maximum Gasteiger partial charge on any atom is 0.269 e. The van der Waals surface area contributed by atoms with Gasteiger partial charge in [0.25, 0.3) is 5.56 Å². The second-order valence-electron chi connectivity index (χ2n) is 4.08. The molecule has 0 saturated carbocycles. The van der Waals surface area contributed by atoms with Gasteiger partial charge >= 0.3 is 0 Å². The Kier molecular flexibility index (Phi) is 3.41. The Balaban J connectivity index is 2.08. The maximum atomic E-state index is 11.8. The molecule has 1 aromatic rings. The van der Waals surface area contributed by atoms with Crippen molar-refractivity contribution in [1.82, 2.24) is 14.7 Å². The number of rotatable bonds is 3. The summed E-state index contributed by atoms with van der Waals surface area (Å²) >= 11 is 0. The lowest BCUT2D eigenvalue weighted by molar-refractivity contribution is -0.131. The number of carbonyl (C=O) groups excluding carboxylic acids is 1. The Bertz CT molecular complexity index is 463. The van der Waals surface area contributed by atoms with Gasteiger partial charge in [0.2, 0.25) is 5.91 Å². The van der Waals surface area contributed by atoms with Crippen molar-refractivity contribution in [2.75, 3.05) is 25.5 Å². The summed E-state index contributed by atoms with van der Waals surface area (Å²) in [4.78, 5) is 25.2. The molecule has 1 aliphatic rings. The number of carbonyl (C=O) groups is 1. The Hall–Kier alpha value is -1.85. The van der Waals surface area contributed by atoms with Gasteiger partial charge in [-0.15, -0.1) is 0 Å². The van der Waals surface area contributed by atoms with Crippen LogP contribution < -0.4 is 10.9 Å². The Labute approximate surface area is 99.2 Å². The van der Waals surface area contributed by atoms with Gasteiger partial charge in [-0.05, 0) is 12.8 Å². The average Bonchev–Trinajstić information content (AvgIpc) is 2.85. The van der Waals surface area contributed by atoms with Crippen LogP contribution in [0.1, 0.15) is 12.8 Å². The Morgan fingerprint density at radius 1 is 1.47 bits per heavy atom. The van der Waals surface area contributed by atoms with Crippen LogP contribution in [0.4, 0.5) is 5.69 Å². The molecule has 6 heteroatoms.